The van der Waals surface area contributed by atoms with Crippen LogP contribution in [0.5, 0.6) is 5.75 Å². The molecule has 1 aromatic heterocycles. The van der Waals surface area contributed by atoms with E-state index in [4.69, 9.17) is 16.3 Å². The first-order valence-corrected chi connectivity index (χ1v) is 14.0. The van der Waals surface area contributed by atoms with Gasteiger partial charge < -0.3 is 15.2 Å². The van der Waals surface area contributed by atoms with Gasteiger partial charge in [-0.05, 0) is 74.4 Å². The van der Waals surface area contributed by atoms with Crippen LogP contribution in [0.3, 0.4) is 0 Å². The summed E-state index contributed by atoms with van der Waals surface area (Å²) >= 11 is 7.72. The van der Waals surface area contributed by atoms with Crippen LogP contribution in [0.2, 0.25) is 5.02 Å². The van der Waals surface area contributed by atoms with Crippen molar-refractivity contribution in [1.29, 1.82) is 0 Å². The number of carboxylic acid groups (broad SMARTS) is 1. The Morgan fingerprint density at radius 3 is 2.42 bits per heavy atom. The second-order valence-electron chi connectivity index (χ2n) is 10.2. The van der Waals surface area contributed by atoms with E-state index in [0.29, 0.717) is 22.9 Å². The number of nitrogens with zero attached hydrogens (tertiary/aromatic N) is 1. The van der Waals surface area contributed by atoms with Crippen molar-refractivity contribution in [2.75, 3.05) is 5.75 Å². The number of nitrogens with one attached hydrogen (secondary N) is 1. The molecule has 1 radical (unpaired) electrons. The average molecular weight is 586 g/mol. The van der Waals surface area contributed by atoms with Gasteiger partial charge in [0.15, 0.2) is 0 Å². The minimum atomic E-state index is -0.980. The molecule has 0 bridgehead atoms. The Morgan fingerprint density at radius 1 is 1.00 bits per heavy atom. The standard InChI is InChI=1S/C31H31ClN2O4S.Na/c1-31(2,3)34-28(35)14-15-39-29(21-6-4-8-23(16-21)30(36)37)22-7-5-9-26(17-22)38-19-25-13-11-20-10-12-24(32)18-27(20)33-25;/h4-13,16-18,29H,14-15,19H2,1-3H3,(H,34,35)(H,36,37);. The van der Waals surface area contributed by atoms with Crippen LogP contribution in [0.1, 0.15) is 59.6 Å². The van der Waals surface area contributed by atoms with E-state index in [1.807, 2.05) is 81.4 Å². The number of hydrogen-bond donors (Lipinski definition) is 2. The topological polar surface area (TPSA) is 88.5 Å². The van der Waals surface area contributed by atoms with E-state index < -0.39 is 5.97 Å². The Balaban J connectivity index is 0.00000441. The van der Waals surface area contributed by atoms with E-state index in [0.717, 1.165) is 27.7 Å². The maximum Gasteiger partial charge on any atom is 0.335 e. The van der Waals surface area contributed by atoms with Gasteiger partial charge in [0, 0.05) is 57.7 Å². The molecule has 1 amide bonds. The first-order valence-electron chi connectivity index (χ1n) is 12.6. The van der Waals surface area contributed by atoms with Crippen LogP contribution in [0.4, 0.5) is 0 Å². The molecule has 1 heterocycles. The van der Waals surface area contributed by atoms with E-state index in [1.54, 1.807) is 30.0 Å². The number of aromatic nitrogens is 1. The third kappa shape index (κ3) is 9.25. The van der Waals surface area contributed by atoms with Crippen LogP contribution in [-0.4, -0.2) is 62.8 Å². The molecule has 0 aliphatic rings. The van der Waals surface area contributed by atoms with Gasteiger partial charge in [-0.15, -0.1) is 11.8 Å². The van der Waals surface area contributed by atoms with Crippen LogP contribution >= 0.6 is 23.4 Å². The van der Waals surface area contributed by atoms with E-state index in [-0.39, 0.29) is 58.4 Å². The normalized spacial score (nSPS) is 11.9. The SMILES string of the molecule is CC(C)(C)NC(=O)CCSC(c1cccc(OCc2ccc3ccc(Cl)cc3n2)c1)c1cccc(C(=O)O)c1.[Na]. The Morgan fingerprint density at radius 2 is 1.70 bits per heavy atom. The summed E-state index contributed by atoms with van der Waals surface area (Å²) in [5.74, 6) is 0.241. The van der Waals surface area contributed by atoms with Gasteiger partial charge in [-0.25, -0.2) is 9.78 Å². The van der Waals surface area contributed by atoms with E-state index in [1.165, 1.54) is 0 Å². The summed E-state index contributed by atoms with van der Waals surface area (Å²) < 4.78 is 6.09. The fraction of sp³-hybridized carbons (Fsp3) is 0.258. The summed E-state index contributed by atoms with van der Waals surface area (Å²) in [5, 5.41) is 14.0. The van der Waals surface area contributed by atoms with Crippen molar-refractivity contribution in [1.82, 2.24) is 10.3 Å². The monoisotopic (exact) mass is 585 g/mol. The molecule has 0 saturated carbocycles. The van der Waals surface area contributed by atoms with Crippen LogP contribution in [-0.2, 0) is 11.4 Å². The first kappa shape index (κ1) is 32.0. The maximum atomic E-state index is 12.4. The second kappa shape index (κ2) is 14.4. The number of aromatic carboxylic acids is 1. The number of halogens is 1. The van der Waals surface area contributed by atoms with Crippen molar-refractivity contribution in [3.63, 3.8) is 0 Å². The second-order valence-corrected chi connectivity index (χ2v) is 11.9. The van der Waals surface area contributed by atoms with Gasteiger partial charge >= 0.3 is 5.97 Å². The van der Waals surface area contributed by atoms with Gasteiger partial charge in [0.2, 0.25) is 5.91 Å². The average Bonchev–Trinajstić information content (AvgIpc) is 2.89. The van der Waals surface area contributed by atoms with Crippen LogP contribution in [0.25, 0.3) is 10.9 Å². The van der Waals surface area contributed by atoms with Gasteiger partial charge in [-0.3, -0.25) is 4.79 Å². The van der Waals surface area contributed by atoms with Gasteiger partial charge in [0.25, 0.3) is 0 Å². The smallest absolute Gasteiger partial charge is 0.335 e. The zero-order chi connectivity index (χ0) is 28.0. The number of fused-ring (bicyclic) bond motifs is 1. The Bertz CT molecular complexity index is 1490. The molecule has 6 nitrogen and oxygen atoms in total. The molecule has 9 heteroatoms. The fourth-order valence-corrected chi connectivity index (χ4v) is 5.49. The number of amides is 1. The molecule has 0 aliphatic carbocycles. The third-order valence-electron chi connectivity index (χ3n) is 5.82. The molecule has 2 N–H and O–H groups in total. The van der Waals surface area contributed by atoms with Crippen LogP contribution in [0, 0.1) is 0 Å². The molecule has 1 unspecified atom stereocenters. The van der Waals surface area contributed by atoms with Crippen molar-refractivity contribution < 1.29 is 19.4 Å². The molecule has 1 atom stereocenters. The minimum Gasteiger partial charge on any atom is -0.487 e. The van der Waals surface area contributed by atoms with Crippen molar-refractivity contribution in [2.24, 2.45) is 0 Å². The Hall–Kier alpha value is -2.55. The molecule has 4 aromatic rings. The van der Waals surface area contributed by atoms with Crippen LogP contribution < -0.4 is 10.1 Å². The van der Waals surface area contributed by atoms with Gasteiger partial charge in [0.1, 0.15) is 12.4 Å². The Labute approximate surface area is 266 Å². The van der Waals surface area contributed by atoms with E-state index in [2.05, 4.69) is 10.3 Å². The van der Waals surface area contributed by atoms with Gasteiger partial charge in [-0.1, -0.05) is 48.0 Å². The zero-order valence-electron chi connectivity index (χ0n) is 23.1. The van der Waals surface area contributed by atoms with Crippen molar-refractivity contribution in [3.05, 3.63) is 106 Å². The number of benzene rings is 3. The predicted molar refractivity (Wildman–Crippen MR) is 163 cm³/mol. The zero-order valence-corrected chi connectivity index (χ0v) is 26.7. The Kier molecular flexibility index (Phi) is 11.5. The molecule has 3 aromatic carbocycles. The van der Waals surface area contributed by atoms with Crippen molar-refractivity contribution in [2.45, 2.75) is 44.6 Å². The number of thioether (sulfide) groups is 1. The number of rotatable bonds is 10. The third-order valence-corrected chi connectivity index (χ3v) is 7.38. The summed E-state index contributed by atoms with van der Waals surface area (Å²) in [6, 6.07) is 24.2. The first-order chi connectivity index (χ1) is 18.6. The molecule has 0 aliphatic heterocycles. The summed E-state index contributed by atoms with van der Waals surface area (Å²) in [7, 11) is 0. The number of carbonyl (C=O) groups is 2. The van der Waals surface area contributed by atoms with Crippen molar-refractivity contribution in [3.8, 4) is 5.75 Å². The number of ether oxygens (including phenoxy) is 1. The summed E-state index contributed by atoms with van der Waals surface area (Å²) in [6.07, 6.45) is 0.352. The number of carbonyl (C=O) groups excluding carboxylic acids is 1. The largest absolute Gasteiger partial charge is 0.487 e. The van der Waals surface area contributed by atoms with Gasteiger partial charge in [-0.2, -0.15) is 0 Å². The number of pyridine rings is 1. The molecular formula is C31H31ClN2NaO4S. The molecule has 40 heavy (non-hydrogen) atoms. The molecule has 0 saturated heterocycles. The summed E-state index contributed by atoms with van der Waals surface area (Å²) in [5.41, 5.74) is 3.31. The predicted octanol–water partition coefficient (Wildman–Crippen LogP) is 6.91. The molecule has 0 spiro atoms. The van der Waals surface area contributed by atoms with Crippen molar-refractivity contribution >= 4 is 75.7 Å². The molecule has 203 valence electrons. The number of hydrogen-bond acceptors (Lipinski definition) is 5. The maximum absolute atomic E-state index is 12.4. The van der Waals surface area contributed by atoms with E-state index >= 15 is 0 Å². The fourth-order valence-electron chi connectivity index (χ4n) is 4.11. The minimum absolute atomic E-state index is 0. The number of carboxylic acids is 1. The molecule has 0 fully saturated rings. The summed E-state index contributed by atoms with van der Waals surface area (Å²) in [6.45, 7) is 6.14. The van der Waals surface area contributed by atoms with Crippen LogP contribution in [0.15, 0.2) is 78.9 Å². The van der Waals surface area contributed by atoms with Gasteiger partial charge in [0.05, 0.1) is 22.0 Å². The quantitative estimate of drug-likeness (QED) is 0.197. The molecular weight excluding hydrogens is 555 g/mol. The summed E-state index contributed by atoms with van der Waals surface area (Å²) in [4.78, 5) is 28.7. The molecule has 4 rings (SSSR count). The van der Waals surface area contributed by atoms with E-state index in [9.17, 15) is 14.7 Å².